The fourth-order valence-electron chi connectivity index (χ4n) is 2.39. The van der Waals surface area contributed by atoms with Crippen LogP contribution in [0, 0.1) is 5.82 Å². The van der Waals surface area contributed by atoms with E-state index in [0.717, 1.165) is 5.56 Å². The zero-order valence-corrected chi connectivity index (χ0v) is 14.2. The van der Waals surface area contributed by atoms with Crippen LogP contribution in [0.4, 0.5) is 4.39 Å². The fraction of sp³-hybridized carbons (Fsp3) is 0.167. The van der Waals surface area contributed by atoms with Crippen LogP contribution in [0.5, 0.6) is 0 Å². The van der Waals surface area contributed by atoms with Gasteiger partial charge in [-0.3, -0.25) is 4.79 Å². The van der Waals surface area contributed by atoms with Crippen LogP contribution >= 0.6 is 11.6 Å². The highest BCUT2D eigenvalue weighted by atomic mass is 35.5. The van der Waals surface area contributed by atoms with E-state index in [4.69, 9.17) is 11.6 Å². The molecule has 0 fully saturated rings. The van der Waals surface area contributed by atoms with Gasteiger partial charge in [0.25, 0.3) is 5.91 Å². The van der Waals surface area contributed by atoms with E-state index in [9.17, 15) is 9.18 Å². The lowest BCUT2D eigenvalue weighted by Gasteiger charge is -2.13. The number of aromatic nitrogens is 3. The molecule has 0 saturated carbocycles. The van der Waals surface area contributed by atoms with Crippen molar-refractivity contribution in [2.75, 3.05) is 0 Å². The van der Waals surface area contributed by atoms with E-state index in [-0.39, 0.29) is 30.0 Å². The predicted octanol–water partition coefficient (Wildman–Crippen LogP) is 3.61. The van der Waals surface area contributed by atoms with Crippen molar-refractivity contribution in [3.05, 3.63) is 82.4 Å². The number of nitrogens with zero attached hydrogens (tertiary/aromatic N) is 3. The highest BCUT2D eigenvalue weighted by Gasteiger charge is 2.15. The minimum absolute atomic E-state index is 0.178. The summed E-state index contributed by atoms with van der Waals surface area (Å²) >= 11 is 5.86. The van der Waals surface area contributed by atoms with Crippen LogP contribution in [0.2, 0.25) is 5.02 Å². The minimum Gasteiger partial charge on any atom is -0.344 e. The van der Waals surface area contributed by atoms with Gasteiger partial charge in [0.2, 0.25) is 0 Å². The van der Waals surface area contributed by atoms with Gasteiger partial charge in [-0.05, 0) is 30.7 Å². The van der Waals surface area contributed by atoms with Crippen molar-refractivity contribution in [3.8, 4) is 0 Å². The van der Waals surface area contributed by atoms with Crippen molar-refractivity contribution in [1.82, 2.24) is 20.3 Å². The molecule has 2 aromatic carbocycles. The molecule has 0 aliphatic rings. The van der Waals surface area contributed by atoms with Gasteiger partial charge < -0.3 is 5.32 Å². The number of nitrogens with one attached hydrogen (secondary N) is 1. The molecule has 3 rings (SSSR count). The molecule has 0 aliphatic carbocycles. The summed E-state index contributed by atoms with van der Waals surface area (Å²) in [5.74, 6) is -0.664. The summed E-state index contributed by atoms with van der Waals surface area (Å²) in [6.45, 7) is 2.07. The van der Waals surface area contributed by atoms with Crippen molar-refractivity contribution < 1.29 is 9.18 Å². The summed E-state index contributed by atoms with van der Waals surface area (Å²) in [5, 5.41) is 11.2. The van der Waals surface area contributed by atoms with Gasteiger partial charge in [0, 0.05) is 10.6 Å². The lowest BCUT2D eigenvalue weighted by atomic mass is 10.1. The highest BCUT2D eigenvalue weighted by molar-refractivity contribution is 6.30. The number of benzene rings is 2. The van der Waals surface area contributed by atoms with Crippen molar-refractivity contribution in [3.63, 3.8) is 0 Å². The Morgan fingerprint density at radius 1 is 1.24 bits per heavy atom. The summed E-state index contributed by atoms with van der Waals surface area (Å²) < 4.78 is 15.1. The van der Waals surface area contributed by atoms with Gasteiger partial charge in [-0.1, -0.05) is 47.1 Å². The molecule has 1 N–H and O–H groups in total. The lowest BCUT2D eigenvalue weighted by Crippen LogP contribution is -2.26. The third-order valence-electron chi connectivity index (χ3n) is 3.78. The molecule has 0 spiro atoms. The molecule has 0 unspecified atom stereocenters. The van der Waals surface area contributed by atoms with Crippen LogP contribution < -0.4 is 5.32 Å². The van der Waals surface area contributed by atoms with Crippen LogP contribution in [-0.4, -0.2) is 20.9 Å². The second-order valence-electron chi connectivity index (χ2n) is 5.64. The Labute approximate surface area is 149 Å². The summed E-state index contributed by atoms with van der Waals surface area (Å²) in [7, 11) is 0. The second-order valence-corrected chi connectivity index (χ2v) is 6.08. The first-order valence-electron chi connectivity index (χ1n) is 7.73. The van der Waals surface area contributed by atoms with Crippen LogP contribution in [0.3, 0.4) is 0 Å². The smallest absolute Gasteiger partial charge is 0.273 e. The number of carbonyl (C=O) groups excluding carboxylic acids is 1. The zero-order valence-electron chi connectivity index (χ0n) is 13.5. The summed E-state index contributed by atoms with van der Waals surface area (Å²) in [4.78, 5) is 12.3. The van der Waals surface area contributed by atoms with Crippen molar-refractivity contribution in [2.45, 2.75) is 19.5 Å². The van der Waals surface area contributed by atoms with Gasteiger partial charge in [-0.25, -0.2) is 9.07 Å². The standard InChI is InChI=1S/C18H16ClFN4O/c1-12(13-6-8-15(19)9-7-13)21-18(25)17-11-24(23-22-17)10-14-4-2-3-5-16(14)20/h2-9,11-12H,10H2,1H3,(H,21,25)/t12-/m1/s1. The lowest BCUT2D eigenvalue weighted by molar-refractivity contribution is 0.0934. The van der Waals surface area contributed by atoms with E-state index in [2.05, 4.69) is 15.6 Å². The maximum absolute atomic E-state index is 13.7. The molecule has 25 heavy (non-hydrogen) atoms. The van der Waals surface area contributed by atoms with Crippen LogP contribution in [0.1, 0.15) is 34.6 Å². The second kappa shape index (κ2) is 7.44. The van der Waals surface area contributed by atoms with E-state index >= 15 is 0 Å². The van der Waals surface area contributed by atoms with Crippen molar-refractivity contribution in [1.29, 1.82) is 0 Å². The third-order valence-corrected chi connectivity index (χ3v) is 4.03. The monoisotopic (exact) mass is 358 g/mol. The molecule has 1 atom stereocenters. The Kier molecular flexibility index (Phi) is 5.09. The average molecular weight is 359 g/mol. The third kappa shape index (κ3) is 4.22. The van der Waals surface area contributed by atoms with E-state index in [0.29, 0.717) is 10.6 Å². The number of carbonyl (C=O) groups is 1. The van der Waals surface area contributed by atoms with Crippen molar-refractivity contribution in [2.24, 2.45) is 0 Å². The molecule has 128 valence electrons. The molecule has 0 aliphatic heterocycles. The molecule has 0 radical (unpaired) electrons. The Morgan fingerprint density at radius 3 is 2.68 bits per heavy atom. The first-order chi connectivity index (χ1) is 12.0. The predicted molar refractivity (Wildman–Crippen MR) is 92.9 cm³/mol. The molecule has 0 saturated heterocycles. The summed E-state index contributed by atoms with van der Waals surface area (Å²) in [6.07, 6.45) is 1.50. The largest absolute Gasteiger partial charge is 0.344 e. The highest BCUT2D eigenvalue weighted by Crippen LogP contribution is 2.16. The van der Waals surface area contributed by atoms with Crippen LogP contribution in [0.15, 0.2) is 54.7 Å². The summed E-state index contributed by atoms with van der Waals surface area (Å²) in [5.41, 5.74) is 1.59. The number of halogens is 2. The Balaban J connectivity index is 1.66. The maximum atomic E-state index is 13.7. The normalized spacial score (nSPS) is 12.0. The van der Waals surface area contributed by atoms with Crippen LogP contribution in [0.25, 0.3) is 0 Å². The molecule has 7 heteroatoms. The Bertz CT molecular complexity index is 879. The number of amides is 1. The molecule has 1 heterocycles. The molecule has 3 aromatic rings. The van der Waals surface area contributed by atoms with E-state index in [1.165, 1.54) is 16.9 Å². The Morgan fingerprint density at radius 2 is 1.96 bits per heavy atom. The molecular formula is C18H16ClFN4O. The molecule has 5 nitrogen and oxygen atoms in total. The zero-order chi connectivity index (χ0) is 17.8. The maximum Gasteiger partial charge on any atom is 0.273 e. The first kappa shape index (κ1) is 17.1. The van der Waals surface area contributed by atoms with Crippen LogP contribution in [-0.2, 0) is 6.54 Å². The average Bonchev–Trinajstić information content (AvgIpc) is 3.06. The number of hydrogen-bond acceptors (Lipinski definition) is 3. The van der Waals surface area contributed by atoms with Gasteiger partial charge in [-0.2, -0.15) is 0 Å². The van der Waals surface area contributed by atoms with Gasteiger partial charge >= 0.3 is 0 Å². The quantitative estimate of drug-likeness (QED) is 0.758. The van der Waals surface area contributed by atoms with Gasteiger partial charge in [0.1, 0.15) is 5.82 Å². The van der Waals surface area contributed by atoms with Crippen molar-refractivity contribution >= 4 is 17.5 Å². The molecule has 1 amide bonds. The van der Waals surface area contributed by atoms with E-state index in [1.54, 1.807) is 30.3 Å². The topological polar surface area (TPSA) is 59.8 Å². The van der Waals surface area contributed by atoms with Gasteiger partial charge in [0.05, 0.1) is 18.8 Å². The number of hydrogen-bond donors (Lipinski definition) is 1. The molecular weight excluding hydrogens is 343 g/mol. The minimum atomic E-state index is -0.345. The molecule has 0 bridgehead atoms. The first-order valence-corrected chi connectivity index (χ1v) is 8.10. The summed E-state index contributed by atoms with van der Waals surface area (Å²) in [6, 6.07) is 13.4. The van der Waals surface area contributed by atoms with Gasteiger partial charge in [-0.15, -0.1) is 5.10 Å². The Hall–Kier alpha value is -2.73. The van der Waals surface area contributed by atoms with E-state index in [1.807, 2.05) is 19.1 Å². The number of rotatable bonds is 5. The molecule has 1 aromatic heterocycles. The van der Waals surface area contributed by atoms with E-state index < -0.39 is 0 Å². The fourth-order valence-corrected chi connectivity index (χ4v) is 2.51. The SMILES string of the molecule is C[C@@H](NC(=O)c1cn(Cc2ccccc2F)nn1)c1ccc(Cl)cc1. The van der Waals surface area contributed by atoms with Gasteiger partial charge in [0.15, 0.2) is 5.69 Å².